The van der Waals surface area contributed by atoms with Crippen molar-refractivity contribution in [1.29, 1.82) is 0 Å². The molecular weight excluding hydrogens is 458 g/mol. The number of hydrogen-bond donors (Lipinski definition) is 1. The van der Waals surface area contributed by atoms with Crippen LogP contribution >= 0.6 is 0 Å². The van der Waals surface area contributed by atoms with E-state index in [4.69, 9.17) is 19.9 Å². The highest BCUT2D eigenvalue weighted by molar-refractivity contribution is 5.96. The Morgan fingerprint density at radius 1 is 1.20 bits per heavy atom. The molecule has 1 aromatic carbocycles. The fourth-order valence-electron chi connectivity index (χ4n) is 3.91. The van der Waals surface area contributed by atoms with Crippen molar-refractivity contribution in [3.63, 3.8) is 0 Å². The Bertz CT molecular complexity index is 1060. The Balaban J connectivity index is 2.49. The summed E-state index contributed by atoms with van der Waals surface area (Å²) in [5.41, 5.74) is 5.87. The Hall–Kier alpha value is -3.57. The maximum Gasteiger partial charge on any atom is 0.336 e. The number of nitrogens with zero attached hydrogens (tertiary/aromatic N) is 2. The molecule has 190 valence electrons. The number of hydrogen-bond acceptors (Lipinski definition) is 9. The van der Waals surface area contributed by atoms with Gasteiger partial charge in [0, 0.05) is 43.1 Å². The van der Waals surface area contributed by atoms with Gasteiger partial charge in [-0.1, -0.05) is 18.2 Å². The van der Waals surface area contributed by atoms with E-state index < -0.39 is 34.1 Å². The van der Waals surface area contributed by atoms with Gasteiger partial charge in [-0.05, 0) is 26.3 Å². The van der Waals surface area contributed by atoms with Crippen molar-refractivity contribution < 1.29 is 33.5 Å². The molecule has 2 rings (SSSR count). The first-order valence-electron chi connectivity index (χ1n) is 10.9. The topological polar surface area (TPSA) is 151 Å². The highest BCUT2D eigenvalue weighted by Gasteiger charge is 2.42. The number of nitro groups is 1. The largest absolute Gasteiger partial charge is 0.466 e. The molecule has 0 saturated carbocycles. The van der Waals surface area contributed by atoms with Crippen molar-refractivity contribution in [2.24, 2.45) is 11.1 Å². The zero-order valence-electron chi connectivity index (χ0n) is 20.5. The summed E-state index contributed by atoms with van der Waals surface area (Å²) in [6.45, 7) is 4.92. The van der Waals surface area contributed by atoms with Gasteiger partial charge in [0.2, 0.25) is 5.91 Å². The molecule has 1 aliphatic rings. The van der Waals surface area contributed by atoms with Crippen LogP contribution in [0.25, 0.3) is 0 Å². The number of carbonyl (C=O) groups is 3. The standard InChI is InChI=1S/C24H31N3O8/c1-15-11-19(17-7-6-8-18(12-17)27(31)32)21(22(29)34-5)16(2)26(15)23(30)24(3,14-25)13-20(28)35-10-9-33-4/h6-8,11-12,19H,9-10,13-14,25H2,1-5H3. The Morgan fingerprint density at radius 3 is 2.46 bits per heavy atom. The van der Waals surface area contributed by atoms with Crippen LogP contribution in [-0.2, 0) is 28.6 Å². The van der Waals surface area contributed by atoms with Crippen molar-refractivity contribution >= 4 is 23.5 Å². The van der Waals surface area contributed by atoms with Crippen molar-refractivity contribution in [2.75, 3.05) is 34.0 Å². The minimum Gasteiger partial charge on any atom is -0.466 e. The van der Waals surface area contributed by atoms with Crippen LogP contribution in [0.1, 0.15) is 38.7 Å². The van der Waals surface area contributed by atoms with Gasteiger partial charge in [0.15, 0.2) is 0 Å². The van der Waals surface area contributed by atoms with E-state index in [0.717, 1.165) is 0 Å². The number of non-ortho nitro benzene ring substituents is 1. The second kappa shape index (κ2) is 11.7. The van der Waals surface area contributed by atoms with Crippen LogP contribution < -0.4 is 5.73 Å². The number of ether oxygens (including phenoxy) is 3. The summed E-state index contributed by atoms with van der Waals surface area (Å²) >= 11 is 0. The lowest BCUT2D eigenvalue weighted by atomic mass is 9.82. The lowest BCUT2D eigenvalue weighted by Crippen LogP contribution is -2.47. The number of allylic oxidation sites excluding steroid dienone is 3. The minimum atomic E-state index is -1.32. The number of nitrogens with two attached hydrogens (primary N) is 1. The zero-order valence-corrected chi connectivity index (χ0v) is 20.5. The summed E-state index contributed by atoms with van der Waals surface area (Å²) in [5, 5.41) is 11.3. The number of benzene rings is 1. The van der Waals surface area contributed by atoms with Crippen LogP contribution in [0.4, 0.5) is 5.69 Å². The van der Waals surface area contributed by atoms with E-state index >= 15 is 0 Å². The molecule has 0 spiro atoms. The van der Waals surface area contributed by atoms with Gasteiger partial charge in [0.25, 0.3) is 5.69 Å². The fourth-order valence-corrected chi connectivity index (χ4v) is 3.91. The van der Waals surface area contributed by atoms with E-state index in [9.17, 15) is 24.5 Å². The van der Waals surface area contributed by atoms with E-state index in [-0.39, 0.29) is 43.1 Å². The van der Waals surface area contributed by atoms with Crippen molar-refractivity contribution in [3.8, 4) is 0 Å². The monoisotopic (exact) mass is 489 g/mol. The third-order valence-corrected chi connectivity index (χ3v) is 5.90. The summed E-state index contributed by atoms with van der Waals surface area (Å²) in [4.78, 5) is 50.9. The van der Waals surface area contributed by atoms with Gasteiger partial charge in [0.1, 0.15) is 6.61 Å². The van der Waals surface area contributed by atoms with Crippen LogP contribution in [-0.4, -0.2) is 61.6 Å². The molecule has 35 heavy (non-hydrogen) atoms. The number of nitro benzene ring substituents is 1. The maximum absolute atomic E-state index is 13.7. The van der Waals surface area contributed by atoms with Crippen LogP contribution in [0.2, 0.25) is 0 Å². The van der Waals surface area contributed by atoms with E-state index in [1.807, 2.05) is 0 Å². The van der Waals surface area contributed by atoms with Crippen molar-refractivity contribution in [3.05, 3.63) is 63.0 Å². The molecule has 2 unspecified atom stereocenters. The Kier molecular flexibility index (Phi) is 9.26. The molecule has 1 aromatic rings. The third-order valence-electron chi connectivity index (χ3n) is 5.90. The lowest BCUT2D eigenvalue weighted by molar-refractivity contribution is -0.384. The molecule has 0 aliphatic carbocycles. The summed E-state index contributed by atoms with van der Waals surface area (Å²) < 4.78 is 14.9. The molecule has 11 heteroatoms. The van der Waals surface area contributed by atoms with Gasteiger partial charge in [-0.2, -0.15) is 0 Å². The molecule has 11 nitrogen and oxygen atoms in total. The van der Waals surface area contributed by atoms with E-state index in [2.05, 4.69) is 0 Å². The molecule has 0 saturated heterocycles. The van der Waals surface area contributed by atoms with Gasteiger partial charge in [0.05, 0.1) is 36.0 Å². The number of methoxy groups -OCH3 is 2. The molecule has 1 amide bonds. The van der Waals surface area contributed by atoms with Gasteiger partial charge in [-0.3, -0.25) is 24.6 Å². The number of amides is 1. The molecule has 2 N–H and O–H groups in total. The third kappa shape index (κ3) is 6.11. The molecule has 0 fully saturated rings. The van der Waals surface area contributed by atoms with Gasteiger partial charge < -0.3 is 19.9 Å². The molecule has 0 bridgehead atoms. The lowest BCUT2D eigenvalue weighted by Gasteiger charge is -2.38. The molecular formula is C24H31N3O8. The van der Waals surface area contributed by atoms with Crippen LogP contribution in [0.5, 0.6) is 0 Å². The first-order chi connectivity index (χ1) is 16.5. The first kappa shape index (κ1) is 27.7. The smallest absolute Gasteiger partial charge is 0.336 e. The highest BCUT2D eigenvalue weighted by Crippen LogP contribution is 2.40. The predicted molar refractivity (Wildman–Crippen MR) is 126 cm³/mol. The molecule has 0 aromatic heterocycles. The van der Waals surface area contributed by atoms with Crippen molar-refractivity contribution in [2.45, 2.75) is 33.1 Å². The number of rotatable bonds is 10. The van der Waals surface area contributed by atoms with Crippen molar-refractivity contribution in [1.82, 2.24) is 4.90 Å². The summed E-state index contributed by atoms with van der Waals surface area (Å²) in [7, 11) is 2.69. The number of carbonyl (C=O) groups excluding carboxylic acids is 3. The normalized spacial score (nSPS) is 17.4. The van der Waals surface area contributed by atoms with Gasteiger partial charge in [-0.15, -0.1) is 0 Å². The van der Waals surface area contributed by atoms with Crippen LogP contribution in [0.15, 0.2) is 47.3 Å². The summed E-state index contributed by atoms with van der Waals surface area (Å²) in [5.74, 6) is -2.47. The average Bonchev–Trinajstić information content (AvgIpc) is 2.83. The van der Waals surface area contributed by atoms with E-state index in [1.165, 1.54) is 37.3 Å². The highest BCUT2D eigenvalue weighted by atomic mass is 16.6. The summed E-state index contributed by atoms with van der Waals surface area (Å²) in [6, 6.07) is 5.92. The first-order valence-corrected chi connectivity index (χ1v) is 10.9. The Labute approximate surface area is 203 Å². The zero-order chi connectivity index (χ0) is 26.3. The molecule has 1 heterocycles. The maximum atomic E-state index is 13.7. The fraction of sp³-hybridized carbons (Fsp3) is 0.458. The quantitative estimate of drug-likeness (QED) is 0.226. The Morgan fingerprint density at radius 2 is 1.89 bits per heavy atom. The molecule has 2 atom stereocenters. The predicted octanol–water partition coefficient (Wildman–Crippen LogP) is 2.42. The average molecular weight is 490 g/mol. The minimum absolute atomic E-state index is 0.0448. The second-order valence-electron chi connectivity index (χ2n) is 8.42. The SMILES string of the molecule is COCCOC(=O)CC(C)(CN)C(=O)N1C(C)=CC(c2cccc([N+](=O)[O-])c2)C(C(=O)OC)=C1C. The second-order valence-corrected chi connectivity index (χ2v) is 8.42. The molecule has 0 radical (unpaired) electrons. The number of esters is 2. The van der Waals surface area contributed by atoms with E-state index in [0.29, 0.717) is 11.3 Å². The van der Waals surface area contributed by atoms with Crippen LogP contribution in [0.3, 0.4) is 0 Å². The van der Waals surface area contributed by atoms with Gasteiger partial charge >= 0.3 is 11.9 Å². The molecule has 1 aliphatic heterocycles. The summed E-state index contributed by atoms with van der Waals surface area (Å²) in [6.07, 6.45) is 1.38. The van der Waals surface area contributed by atoms with Crippen LogP contribution in [0, 0.1) is 15.5 Å². The van der Waals surface area contributed by atoms with Gasteiger partial charge in [-0.25, -0.2) is 4.79 Å². The van der Waals surface area contributed by atoms with E-state index in [1.54, 1.807) is 32.9 Å².